The number of hydrogen-bond acceptors (Lipinski definition) is 7. The maximum Gasteiger partial charge on any atom is 0.264 e. The van der Waals surface area contributed by atoms with Crippen LogP contribution in [0.4, 0.5) is 0 Å². The predicted molar refractivity (Wildman–Crippen MR) is 139 cm³/mol. The van der Waals surface area contributed by atoms with E-state index in [4.69, 9.17) is 4.52 Å². The summed E-state index contributed by atoms with van der Waals surface area (Å²) in [6.07, 6.45) is 0. The minimum atomic E-state index is -0.0176. The standard InChI is InChI=1S/C27H26N6O2S/c1-18-22-17-23(36-27(22)33(29-18)21-11-7-4-8-12-21)26(34)32-15-13-31(14-16-32)19(2)25-28-24(30-35-25)20-9-5-3-6-10-20/h3-12,17,19H,13-16H2,1-2H3. The molecule has 0 spiro atoms. The van der Waals surface area contributed by atoms with Crippen LogP contribution >= 0.6 is 11.3 Å². The number of thiophene rings is 1. The van der Waals surface area contributed by atoms with E-state index in [1.54, 1.807) is 0 Å². The van der Waals surface area contributed by atoms with Crippen LogP contribution in [0.25, 0.3) is 27.3 Å². The molecule has 0 N–H and O–H groups in total. The SMILES string of the molecule is Cc1nn(-c2ccccc2)c2sc(C(=O)N3CCN(C(C)c4nc(-c5ccccc5)no4)CC3)cc12. The van der Waals surface area contributed by atoms with Gasteiger partial charge in [-0.2, -0.15) is 10.1 Å². The summed E-state index contributed by atoms with van der Waals surface area (Å²) in [4.78, 5) is 24.0. The lowest BCUT2D eigenvalue weighted by molar-refractivity contribution is 0.0556. The fraction of sp³-hybridized carbons (Fsp3) is 0.259. The highest BCUT2D eigenvalue weighted by Gasteiger charge is 2.29. The molecule has 4 heterocycles. The number of piperazine rings is 1. The van der Waals surface area contributed by atoms with Crippen molar-refractivity contribution in [3.8, 4) is 17.1 Å². The van der Waals surface area contributed by atoms with E-state index >= 15 is 0 Å². The first-order chi connectivity index (χ1) is 17.6. The largest absolute Gasteiger partial charge is 0.337 e. The van der Waals surface area contributed by atoms with Crippen molar-refractivity contribution in [2.45, 2.75) is 19.9 Å². The fourth-order valence-electron chi connectivity index (χ4n) is 4.63. The molecule has 5 aromatic rings. The summed E-state index contributed by atoms with van der Waals surface area (Å²) in [5, 5.41) is 9.87. The van der Waals surface area contributed by atoms with Gasteiger partial charge in [-0.3, -0.25) is 9.69 Å². The number of benzene rings is 2. The lowest BCUT2D eigenvalue weighted by Crippen LogP contribution is -2.49. The van der Waals surface area contributed by atoms with Gasteiger partial charge in [-0.15, -0.1) is 11.3 Å². The summed E-state index contributed by atoms with van der Waals surface area (Å²) in [5.74, 6) is 1.27. The maximum atomic E-state index is 13.4. The van der Waals surface area contributed by atoms with Crippen LogP contribution in [-0.2, 0) is 0 Å². The smallest absolute Gasteiger partial charge is 0.264 e. The first-order valence-electron chi connectivity index (χ1n) is 12.1. The number of nitrogens with zero attached hydrogens (tertiary/aromatic N) is 6. The van der Waals surface area contributed by atoms with Crippen LogP contribution in [0.3, 0.4) is 0 Å². The minimum absolute atomic E-state index is 0.0176. The van der Waals surface area contributed by atoms with Gasteiger partial charge in [0, 0.05) is 37.1 Å². The number of carbonyl (C=O) groups is 1. The lowest BCUT2D eigenvalue weighted by atomic mass is 10.2. The molecule has 1 unspecified atom stereocenters. The molecular weight excluding hydrogens is 472 g/mol. The molecule has 36 heavy (non-hydrogen) atoms. The third-order valence-electron chi connectivity index (χ3n) is 6.74. The van der Waals surface area contributed by atoms with Crippen LogP contribution < -0.4 is 0 Å². The Morgan fingerprint density at radius 2 is 1.69 bits per heavy atom. The second kappa shape index (κ2) is 9.33. The summed E-state index contributed by atoms with van der Waals surface area (Å²) in [6, 6.07) is 21.8. The van der Waals surface area contributed by atoms with E-state index in [1.807, 2.05) is 83.2 Å². The molecule has 0 saturated carbocycles. The first kappa shape index (κ1) is 22.6. The second-order valence-electron chi connectivity index (χ2n) is 8.99. The Morgan fingerprint density at radius 1 is 1.00 bits per heavy atom. The van der Waals surface area contributed by atoms with E-state index in [9.17, 15) is 4.79 Å². The zero-order valence-electron chi connectivity index (χ0n) is 20.2. The first-order valence-corrected chi connectivity index (χ1v) is 12.9. The summed E-state index contributed by atoms with van der Waals surface area (Å²) in [5.41, 5.74) is 2.86. The Kier molecular flexibility index (Phi) is 5.86. The fourth-order valence-corrected chi connectivity index (χ4v) is 5.78. The molecule has 1 fully saturated rings. The van der Waals surface area contributed by atoms with Crippen molar-refractivity contribution in [2.75, 3.05) is 26.2 Å². The van der Waals surface area contributed by atoms with E-state index < -0.39 is 0 Å². The van der Waals surface area contributed by atoms with Crippen molar-refractivity contribution in [3.05, 3.63) is 83.2 Å². The Labute approximate surface area is 212 Å². The van der Waals surface area contributed by atoms with Gasteiger partial charge in [0.1, 0.15) is 4.83 Å². The predicted octanol–water partition coefficient (Wildman–Crippen LogP) is 4.96. The molecule has 1 atom stereocenters. The van der Waals surface area contributed by atoms with Crippen molar-refractivity contribution in [1.29, 1.82) is 0 Å². The van der Waals surface area contributed by atoms with Gasteiger partial charge in [0.25, 0.3) is 5.91 Å². The summed E-state index contributed by atoms with van der Waals surface area (Å²) in [6.45, 7) is 6.87. The van der Waals surface area contributed by atoms with Gasteiger partial charge < -0.3 is 9.42 Å². The normalized spacial score (nSPS) is 15.4. The minimum Gasteiger partial charge on any atom is -0.337 e. The average Bonchev–Trinajstić information content (AvgIpc) is 3.66. The molecule has 0 bridgehead atoms. The monoisotopic (exact) mass is 498 g/mol. The molecule has 1 aliphatic heterocycles. The van der Waals surface area contributed by atoms with Crippen molar-refractivity contribution in [1.82, 2.24) is 29.7 Å². The Hall–Kier alpha value is -3.82. The Morgan fingerprint density at radius 3 is 2.42 bits per heavy atom. The number of hydrogen-bond donors (Lipinski definition) is 0. The number of aryl methyl sites for hydroxylation is 1. The van der Waals surface area contributed by atoms with E-state index in [1.165, 1.54) is 11.3 Å². The molecule has 2 aromatic carbocycles. The van der Waals surface area contributed by atoms with E-state index in [0.717, 1.165) is 45.1 Å². The van der Waals surface area contributed by atoms with Gasteiger partial charge in [-0.05, 0) is 32.0 Å². The van der Waals surface area contributed by atoms with Gasteiger partial charge in [0.15, 0.2) is 0 Å². The summed E-state index contributed by atoms with van der Waals surface area (Å²) >= 11 is 1.51. The Balaban J connectivity index is 1.14. The molecule has 6 rings (SSSR count). The number of aromatic nitrogens is 4. The second-order valence-corrected chi connectivity index (χ2v) is 10.0. The highest BCUT2D eigenvalue weighted by Crippen LogP contribution is 2.32. The van der Waals surface area contributed by atoms with Crippen molar-refractivity contribution in [2.24, 2.45) is 0 Å². The van der Waals surface area contributed by atoms with Crippen LogP contribution in [0.5, 0.6) is 0 Å². The molecule has 8 nitrogen and oxygen atoms in total. The quantitative estimate of drug-likeness (QED) is 0.341. The molecule has 1 amide bonds. The van der Waals surface area contributed by atoms with E-state index in [2.05, 4.69) is 27.1 Å². The molecule has 1 saturated heterocycles. The number of carbonyl (C=O) groups excluding carboxylic acids is 1. The van der Waals surface area contributed by atoms with Gasteiger partial charge >= 0.3 is 0 Å². The average molecular weight is 499 g/mol. The molecule has 3 aromatic heterocycles. The third-order valence-corrected chi connectivity index (χ3v) is 7.84. The zero-order chi connectivity index (χ0) is 24.6. The highest BCUT2D eigenvalue weighted by atomic mass is 32.1. The zero-order valence-corrected chi connectivity index (χ0v) is 21.0. The molecule has 9 heteroatoms. The molecular formula is C27H26N6O2S. The van der Waals surface area contributed by atoms with Crippen LogP contribution in [0.15, 0.2) is 71.3 Å². The van der Waals surface area contributed by atoms with E-state index in [-0.39, 0.29) is 11.9 Å². The number of amides is 1. The third kappa shape index (κ3) is 4.10. The van der Waals surface area contributed by atoms with Crippen LogP contribution in [0, 0.1) is 6.92 Å². The maximum absolute atomic E-state index is 13.4. The van der Waals surface area contributed by atoms with Gasteiger partial charge in [0.2, 0.25) is 11.7 Å². The highest BCUT2D eigenvalue weighted by molar-refractivity contribution is 7.20. The summed E-state index contributed by atoms with van der Waals surface area (Å²) in [7, 11) is 0. The topological polar surface area (TPSA) is 80.3 Å². The van der Waals surface area contributed by atoms with Gasteiger partial charge in [0.05, 0.1) is 22.3 Å². The Bertz CT molecular complexity index is 1500. The number of fused-ring (bicyclic) bond motifs is 1. The summed E-state index contributed by atoms with van der Waals surface area (Å²) < 4.78 is 7.50. The van der Waals surface area contributed by atoms with Crippen molar-refractivity contribution >= 4 is 27.5 Å². The molecule has 182 valence electrons. The van der Waals surface area contributed by atoms with Gasteiger partial charge in [-0.25, -0.2) is 4.68 Å². The van der Waals surface area contributed by atoms with Crippen LogP contribution in [0.2, 0.25) is 0 Å². The molecule has 0 aliphatic carbocycles. The molecule has 1 aliphatic rings. The van der Waals surface area contributed by atoms with Crippen molar-refractivity contribution in [3.63, 3.8) is 0 Å². The van der Waals surface area contributed by atoms with E-state index in [0.29, 0.717) is 24.8 Å². The number of para-hydroxylation sites is 1. The number of rotatable bonds is 5. The molecule has 0 radical (unpaired) electrons. The van der Waals surface area contributed by atoms with Crippen molar-refractivity contribution < 1.29 is 9.32 Å². The van der Waals surface area contributed by atoms with Crippen LogP contribution in [0.1, 0.15) is 34.2 Å². The van der Waals surface area contributed by atoms with Crippen LogP contribution in [-0.4, -0.2) is 61.8 Å². The lowest BCUT2D eigenvalue weighted by Gasteiger charge is -2.36. The van der Waals surface area contributed by atoms with Gasteiger partial charge in [-0.1, -0.05) is 53.7 Å².